The molecule has 0 aliphatic heterocycles. The van der Waals surface area contributed by atoms with Crippen molar-refractivity contribution < 1.29 is 15.3 Å². The molecular formula is C10H13BrO3. The summed E-state index contributed by atoms with van der Waals surface area (Å²) in [6, 6.07) is 5.40. The first-order valence-electron chi connectivity index (χ1n) is 4.28. The molecule has 2 unspecified atom stereocenters. The monoisotopic (exact) mass is 260 g/mol. The molecule has 1 rings (SSSR count). The Morgan fingerprint density at radius 2 is 1.93 bits per heavy atom. The number of aryl methyl sites for hydroxylation is 1. The third-order valence-electron chi connectivity index (χ3n) is 1.96. The average molecular weight is 261 g/mol. The summed E-state index contributed by atoms with van der Waals surface area (Å²) in [6.07, 6.45) is -2.18. The van der Waals surface area contributed by atoms with Crippen LogP contribution in [0.5, 0.6) is 0 Å². The number of hydrogen-bond donors (Lipinski definition) is 3. The molecule has 3 N–H and O–H groups in total. The van der Waals surface area contributed by atoms with Crippen LogP contribution in [0, 0.1) is 6.92 Å². The largest absolute Gasteiger partial charge is 0.394 e. The summed E-state index contributed by atoms with van der Waals surface area (Å²) in [4.78, 5) is 0. The highest BCUT2D eigenvalue weighted by Crippen LogP contribution is 2.22. The molecule has 0 aromatic heterocycles. The van der Waals surface area contributed by atoms with E-state index in [1.165, 1.54) is 0 Å². The summed E-state index contributed by atoms with van der Waals surface area (Å²) >= 11 is 3.30. The van der Waals surface area contributed by atoms with E-state index in [9.17, 15) is 10.2 Å². The van der Waals surface area contributed by atoms with Crippen molar-refractivity contribution in [1.82, 2.24) is 0 Å². The number of halogens is 1. The number of rotatable bonds is 3. The zero-order chi connectivity index (χ0) is 10.7. The van der Waals surface area contributed by atoms with E-state index >= 15 is 0 Å². The first-order chi connectivity index (χ1) is 6.54. The van der Waals surface area contributed by atoms with Crippen LogP contribution in [0.1, 0.15) is 17.2 Å². The third kappa shape index (κ3) is 2.78. The maximum atomic E-state index is 9.61. The predicted molar refractivity (Wildman–Crippen MR) is 56.9 cm³/mol. The molecular weight excluding hydrogens is 248 g/mol. The standard InChI is InChI=1S/C10H13BrO3/c1-6-2-7(4-8(11)3-6)10(14)9(13)5-12/h2-4,9-10,12-14H,5H2,1H3. The van der Waals surface area contributed by atoms with E-state index in [1.807, 2.05) is 13.0 Å². The normalized spacial score (nSPS) is 15.2. The second-order valence-corrected chi connectivity index (χ2v) is 4.17. The maximum absolute atomic E-state index is 9.61. The summed E-state index contributed by atoms with van der Waals surface area (Å²) in [5.41, 5.74) is 1.58. The van der Waals surface area contributed by atoms with Gasteiger partial charge in [-0.15, -0.1) is 0 Å². The quantitative estimate of drug-likeness (QED) is 0.764. The molecule has 2 atom stereocenters. The fraction of sp³-hybridized carbons (Fsp3) is 0.400. The van der Waals surface area contributed by atoms with Crippen LogP contribution in [0.2, 0.25) is 0 Å². The predicted octanol–water partition coefficient (Wildman–Crippen LogP) is 1.14. The minimum Gasteiger partial charge on any atom is -0.394 e. The van der Waals surface area contributed by atoms with Gasteiger partial charge in [0.05, 0.1) is 6.61 Å². The Balaban J connectivity index is 2.94. The third-order valence-corrected chi connectivity index (χ3v) is 2.42. The Bertz CT molecular complexity index is 294. The molecule has 4 heteroatoms. The molecule has 0 fully saturated rings. The van der Waals surface area contributed by atoms with Gasteiger partial charge in [0, 0.05) is 4.47 Å². The fourth-order valence-electron chi connectivity index (χ4n) is 1.26. The Labute approximate surface area is 91.1 Å². The molecule has 0 bridgehead atoms. The lowest BCUT2D eigenvalue weighted by atomic mass is 10.0. The SMILES string of the molecule is Cc1cc(Br)cc(C(O)C(O)CO)c1. The minimum atomic E-state index is -1.14. The molecule has 0 heterocycles. The molecule has 0 amide bonds. The fourth-order valence-corrected chi connectivity index (χ4v) is 1.88. The first-order valence-corrected chi connectivity index (χ1v) is 5.08. The summed E-state index contributed by atoms with van der Waals surface area (Å²) in [6.45, 7) is 1.44. The van der Waals surface area contributed by atoms with Crippen LogP contribution in [-0.4, -0.2) is 28.0 Å². The van der Waals surface area contributed by atoms with Gasteiger partial charge >= 0.3 is 0 Å². The smallest absolute Gasteiger partial charge is 0.107 e. The van der Waals surface area contributed by atoms with Gasteiger partial charge < -0.3 is 15.3 Å². The number of benzene rings is 1. The van der Waals surface area contributed by atoms with Gasteiger partial charge in [0.1, 0.15) is 12.2 Å². The molecule has 0 saturated heterocycles. The number of aliphatic hydroxyl groups excluding tert-OH is 3. The van der Waals surface area contributed by atoms with Gasteiger partial charge in [-0.3, -0.25) is 0 Å². The highest BCUT2D eigenvalue weighted by atomic mass is 79.9. The lowest BCUT2D eigenvalue weighted by Crippen LogP contribution is -2.22. The minimum absolute atomic E-state index is 0.452. The van der Waals surface area contributed by atoms with E-state index < -0.39 is 18.8 Å². The molecule has 14 heavy (non-hydrogen) atoms. The summed E-state index contributed by atoms with van der Waals surface area (Å²) in [5, 5.41) is 27.5. The Morgan fingerprint density at radius 1 is 1.29 bits per heavy atom. The summed E-state index contributed by atoms with van der Waals surface area (Å²) in [7, 11) is 0. The summed E-state index contributed by atoms with van der Waals surface area (Å²) in [5.74, 6) is 0. The average Bonchev–Trinajstić information content (AvgIpc) is 2.14. The number of hydrogen-bond acceptors (Lipinski definition) is 3. The van der Waals surface area contributed by atoms with Crippen LogP contribution in [0.25, 0.3) is 0 Å². The van der Waals surface area contributed by atoms with Gasteiger partial charge in [-0.2, -0.15) is 0 Å². The molecule has 0 aliphatic rings. The van der Waals surface area contributed by atoms with E-state index in [-0.39, 0.29) is 0 Å². The molecule has 0 radical (unpaired) electrons. The molecule has 1 aromatic carbocycles. The van der Waals surface area contributed by atoms with Crippen molar-refractivity contribution in [3.05, 3.63) is 33.8 Å². The van der Waals surface area contributed by atoms with Crippen molar-refractivity contribution in [3.8, 4) is 0 Å². The van der Waals surface area contributed by atoms with Crippen molar-refractivity contribution in [2.24, 2.45) is 0 Å². The Kier molecular flexibility index (Phi) is 4.07. The van der Waals surface area contributed by atoms with Crippen molar-refractivity contribution >= 4 is 15.9 Å². The van der Waals surface area contributed by atoms with Crippen molar-refractivity contribution in [1.29, 1.82) is 0 Å². The van der Waals surface area contributed by atoms with Crippen LogP contribution < -0.4 is 0 Å². The summed E-state index contributed by atoms with van der Waals surface area (Å²) < 4.78 is 0.844. The van der Waals surface area contributed by atoms with Crippen molar-refractivity contribution in [3.63, 3.8) is 0 Å². The Hall–Kier alpha value is -0.420. The van der Waals surface area contributed by atoms with Gasteiger partial charge in [-0.1, -0.05) is 22.0 Å². The van der Waals surface area contributed by atoms with Gasteiger partial charge in [0.15, 0.2) is 0 Å². The van der Waals surface area contributed by atoms with E-state index in [0.717, 1.165) is 10.0 Å². The van der Waals surface area contributed by atoms with E-state index in [4.69, 9.17) is 5.11 Å². The lowest BCUT2D eigenvalue weighted by Gasteiger charge is -2.16. The van der Waals surface area contributed by atoms with Crippen molar-refractivity contribution in [2.75, 3.05) is 6.61 Å². The molecule has 78 valence electrons. The van der Waals surface area contributed by atoms with Crippen LogP contribution in [-0.2, 0) is 0 Å². The van der Waals surface area contributed by atoms with Crippen LogP contribution in [0.15, 0.2) is 22.7 Å². The van der Waals surface area contributed by atoms with E-state index in [1.54, 1.807) is 12.1 Å². The number of aliphatic hydroxyl groups is 3. The van der Waals surface area contributed by atoms with Crippen LogP contribution in [0.4, 0.5) is 0 Å². The van der Waals surface area contributed by atoms with E-state index in [2.05, 4.69) is 15.9 Å². The van der Waals surface area contributed by atoms with Crippen LogP contribution >= 0.6 is 15.9 Å². The molecule has 1 aromatic rings. The Morgan fingerprint density at radius 3 is 2.43 bits per heavy atom. The van der Waals surface area contributed by atoms with E-state index in [0.29, 0.717) is 5.56 Å². The first kappa shape index (κ1) is 11.7. The lowest BCUT2D eigenvalue weighted by molar-refractivity contribution is -0.0153. The van der Waals surface area contributed by atoms with Gasteiger partial charge in [-0.25, -0.2) is 0 Å². The van der Waals surface area contributed by atoms with Crippen LogP contribution in [0.3, 0.4) is 0 Å². The highest BCUT2D eigenvalue weighted by Gasteiger charge is 2.17. The highest BCUT2D eigenvalue weighted by molar-refractivity contribution is 9.10. The van der Waals surface area contributed by atoms with Crippen molar-refractivity contribution in [2.45, 2.75) is 19.1 Å². The molecule has 0 aliphatic carbocycles. The molecule has 0 saturated carbocycles. The maximum Gasteiger partial charge on any atom is 0.107 e. The van der Waals surface area contributed by atoms with Gasteiger partial charge in [-0.05, 0) is 30.2 Å². The second-order valence-electron chi connectivity index (χ2n) is 3.26. The zero-order valence-electron chi connectivity index (χ0n) is 7.81. The topological polar surface area (TPSA) is 60.7 Å². The van der Waals surface area contributed by atoms with Gasteiger partial charge in [0.2, 0.25) is 0 Å². The van der Waals surface area contributed by atoms with Gasteiger partial charge in [0.25, 0.3) is 0 Å². The molecule has 3 nitrogen and oxygen atoms in total. The molecule has 0 spiro atoms. The zero-order valence-corrected chi connectivity index (χ0v) is 9.40. The second kappa shape index (κ2) is 4.89.